The molecular formula is C14H11F3N2. The van der Waals surface area contributed by atoms with Crippen molar-refractivity contribution in [3.8, 4) is 0 Å². The lowest BCUT2D eigenvalue weighted by Crippen LogP contribution is -2.04. The molecule has 2 nitrogen and oxygen atoms in total. The monoisotopic (exact) mass is 264 g/mol. The highest BCUT2D eigenvalue weighted by molar-refractivity contribution is 5.54. The third kappa shape index (κ3) is 3.84. The molecule has 98 valence electrons. The van der Waals surface area contributed by atoms with E-state index in [1.165, 1.54) is 6.07 Å². The van der Waals surface area contributed by atoms with Crippen molar-refractivity contribution >= 4 is 11.9 Å². The molecule has 0 fully saturated rings. The predicted molar refractivity (Wildman–Crippen MR) is 68.3 cm³/mol. The van der Waals surface area contributed by atoms with Crippen LogP contribution in [0.3, 0.4) is 0 Å². The fourth-order valence-corrected chi connectivity index (χ4v) is 1.49. The van der Waals surface area contributed by atoms with Crippen LogP contribution >= 0.6 is 0 Å². The topological polar surface area (TPSA) is 24.9 Å². The molecule has 0 aliphatic rings. The number of benzene rings is 1. The van der Waals surface area contributed by atoms with Crippen LogP contribution in [-0.4, -0.2) is 4.98 Å². The highest BCUT2D eigenvalue weighted by Crippen LogP contribution is 2.29. The summed E-state index contributed by atoms with van der Waals surface area (Å²) in [6.07, 6.45) is 0.417. The molecule has 19 heavy (non-hydrogen) atoms. The highest BCUT2D eigenvalue weighted by atomic mass is 19.4. The van der Waals surface area contributed by atoms with Gasteiger partial charge in [0.05, 0.1) is 5.56 Å². The quantitative estimate of drug-likeness (QED) is 0.899. The third-order valence-corrected chi connectivity index (χ3v) is 2.39. The Morgan fingerprint density at radius 1 is 1.05 bits per heavy atom. The minimum atomic E-state index is -4.32. The van der Waals surface area contributed by atoms with Gasteiger partial charge in [-0.25, -0.2) is 4.98 Å². The van der Waals surface area contributed by atoms with E-state index < -0.39 is 11.7 Å². The second-order valence-corrected chi connectivity index (χ2v) is 3.82. The summed E-state index contributed by atoms with van der Waals surface area (Å²) in [6, 6.07) is 10.5. The van der Waals surface area contributed by atoms with E-state index in [0.29, 0.717) is 11.4 Å². The average Bonchev–Trinajstić information content (AvgIpc) is 2.39. The maximum Gasteiger partial charge on any atom is 0.416 e. The molecule has 5 heteroatoms. The van der Waals surface area contributed by atoms with Crippen molar-refractivity contribution in [2.24, 2.45) is 0 Å². The summed E-state index contributed by atoms with van der Waals surface area (Å²) in [4.78, 5) is 4.02. The molecular weight excluding hydrogens is 253 g/mol. The van der Waals surface area contributed by atoms with Crippen LogP contribution in [-0.2, 0) is 6.18 Å². The standard InChI is InChI=1S/C14H11F3N2/c15-14(16,17)12-5-3-4-11(10-12)7-9-19-13-6-1-2-8-18-13/h1-10H,(H,18,19)/b9-7+. The summed E-state index contributed by atoms with van der Waals surface area (Å²) in [5.74, 6) is 0.630. The van der Waals surface area contributed by atoms with Gasteiger partial charge < -0.3 is 5.32 Å². The Kier molecular flexibility index (Phi) is 3.85. The fraction of sp³-hybridized carbons (Fsp3) is 0.0714. The summed E-state index contributed by atoms with van der Waals surface area (Å²) in [5.41, 5.74) is -0.189. The molecule has 1 N–H and O–H groups in total. The number of halogens is 3. The first-order valence-electron chi connectivity index (χ1n) is 5.57. The second-order valence-electron chi connectivity index (χ2n) is 3.82. The number of nitrogens with one attached hydrogen (secondary N) is 1. The van der Waals surface area contributed by atoms with E-state index in [1.807, 2.05) is 6.07 Å². The van der Waals surface area contributed by atoms with Crippen LogP contribution in [0.2, 0.25) is 0 Å². The first kappa shape index (κ1) is 13.1. The van der Waals surface area contributed by atoms with Gasteiger partial charge in [-0.3, -0.25) is 0 Å². The van der Waals surface area contributed by atoms with E-state index in [4.69, 9.17) is 0 Å². The number of pyridine rings is 1. The zero-order chi connectivity index (χ0) is 13.7. The molecule has 1 aromatic heterocycles. The van der Waals surface area contributed by atoms with Gasteiger partial charge in [0, 0.05) is 12.4 Å². The lowest BCUT2D eigenvalue weighted by molar-refractivity contribution is -0.137. The third-order valence-electron chi connectivity index (χ3n) is 2.39. The zero-order valence-electron chi connectivity index (χ0n) is 9.85. The molecule has 1 aromatic carbocycles. The van der Waals surface area contributed by atoms with Crippen molar-refractivity contribution in [2.45, 2.75) is 6.18 Å². The molecule has 2 aromatic rings. The van der Waals surface area contributed by atoms with E-state index in [9.17, 15) is 13.2 Å². The van der Waals surface area contributed by atoms with Crippen molar-refractivity contribution in [1.82, 2.24) is 4.98 Å². The van der Waals surface area contributed by atoms with Crippen molar-refractivity contribution < 1.29 is 13.2 Å². The van der Waals surface area contributed by atoms with Crippen LogP contribution < -0.4 is 5.32 Å². The predicted octanol–water partition coefficient (Wildman–Crippen LogP) is 4.18. The van der Waals surface area contributed by atoms with Gasteiger partial charge in [0.1, 0.15) is 5.82 Å². The SMILES string of the molecule is FC(F)(F)c1cccc(/C=C/Nc2ccccn2)c1. The van der Waals surface area contributed by atoms with Gasteiger partial charge in [-0.2, -0.15) is 13.2 Å². The Hall–Kier alpha value is -2.30. The van der Waals surface area contributed by atoms with Crippen LogP contribution in [0.5, 0.6) is 0 Å². The number of hydrogen-bond acceptors (Lipinski definition) is 2. The number of aromatic nitrogens is 1. The van der Waals surface area contributed by atoms with Gasteiger partial charge in [-0.1, -0.05) is 18.2 Å². The Labute approximate surface area is 108 Å². The summed E-state index contributed by atoms with van der Waals surface area (Å²) in [5, 5.41) is 2.88. The smallest absolute Gasteiger partial charge is 0.347 e. The van der Waals surface area contributed by atoms with Gasteiger partial charge in [0.15, 0.2) is 0 Å². The first-order valence-corrected chi connectivity index (χ1v) is 5.57. The van der Waals surface area contributed by atoms with Gasteiger partial charge in [-0.15, -0.1) is 0 Å². The van der Waals surface area contributed by atoms with Crippen LogP contribution in [0.1, 0.15) is 11.1 Å². The number of alkyl halides is 3. The molecule has 0 aliphatic heterocycles. The van der Waals surface area contributed by atoms with Gasteiger partial charge in [-0.05, 0) is 35.9 Å². The first-order chi connectivity index (χ1) is 9.05. The lowest BCUT2D eigenvalue weighted by atomic mass is 10.1. The largest absolute Gasteiger partial charge is 0.416 e. The Morgan fingerprint density at radius 2 is 1.89 bits per heavy atom. The van der Waals surface area contributed by atoms with Crippen LogP contribution in [0.4, 0.5) is 19.0 Å². The Morgan fingerprint density at radius 3 is 2.58 bits per heavy atom. The zero-order valence-corrected chi connectivity index (χ0v) is 9.85. The molecule has 1 heterocycles. The maximum atomic E-state index is 12.5. The average molecular weight is 264 g/mol. The molecule has 0 bridgehead atoms. The van der Waals surface area contributed by atoms with Crippen LogP contribution in [0.15, 0.2) is 54.9 Å². The Balaban J connectivity index is 2.07. The van der Waals surface area contributed by atoms with Crippen molar-refractivity contribution in [3.63, 3.8) is 0 Å². The van der Waals surface area contributed by atoms with E-state index in [2.05, 4.69) is 10.3 Å². The molecule has 0 aliphatic carbocycles. The number of rotatable bonds is 3. The van der Waals surface area contributed by atoms with Crippen LogP contribution in [0, 0.1) is 0 Å². The van der Waals surface area contributed by atoms with Gasteiger partial charge in [0.2, 0.25) is 0 Å². The number of hydrogen-bond donors (Lipinski definition) is 1. The van der Waals surface area contributed by atoms with E-state index in [0.717, 1.165) is 12.1 Å². The molecule has 0 unspecified atom stereocenters. The molecule has 0 spiro atoms. The Bertz CT molecular complexity index is 562. The van der Waals surface area contributed by atoms with Crippen molar-refractivity contribution in [2.75, 3.05) is 5.32 Å². The molecule has 0 amide bonds. The number of nitrogens with zero attached hydrogens (tertiary/aromatic N) is 1. The number of anilines is 1. The van der Waals surface area contributed by atoms with E-state index in [-0.39, 0.29) is 0 Å². The minimum Gasteiger partial charge on any atom is -0.347 e. The van der Waals surface area contributed by atoms with Gasteiger partial charge in [0.25, 0.3) is 0 Å². The van der Waals surface area contributed by atoms with Crippen molar-refractivity contribution in [1.29, 1.82) is 0 Å². The summed E-state index contributed by atoms with van der Waals surface area (Å²) < 4.78 is 37.5. The summed E-state index contributed by atoms with van der Waals surface area (Å²) in [6.45, 7) is 0. The molecule has 0 saturated carbocycles. The molecule has 0 saturated heterocycles. The van der Waals surface area contributed by atoms with Crippen molar-refractivity contribution in [3.05, 3.63) is 66.0 Å². The van der Waals surface area contributed by atoms with Gasteiger partial charge >= 0.3 is 6.18 Å². The molecule has 2 rings (SSSR count). The molecule has 0 atom stereocenters. The van der Waals surface area contributed by atoms with Crippen LogP contribution in [0.25, 0.3) is 6.08 Å². The second kappa shape index (κ2) is 5.56. The maximum absolute atomic E-state index is 12.5. The molecule has 0 radical (unpaired) electrons. The lowest BCUT2D eigenvalue weighted by Gasteiger charge is -2.06. The summed E-state index contributed by atoms with van der Waals surface area (Å²) in [7, 11) is 0. The van der Waals surface area contributed by atoms with E-state index in [1.54, 1.807) is 36.7 Å². The minimum absolute atomic E-state index is 0.471. The van der Waals surface area contributed by atoms with E-state index >= 15 is 0 Å². The fourth-order valence-electron chi connectivity index (χ4n) is 1.49. The normalized spacial score (nSPS) is 11.7. The summed E-state index contributed by atoms with van der Waals surface area (Å²) >= 11 is 0. The highest BCUT2D eigenvalue weighted by Gasteiger charge is 2.30.